The SMILES string of the molecule is CC(C)[C@H]1C[C@H](c2ccccc2)CN1C. The minimum absolute atomic E-state index is 0.739. The zero-order chi connectivity index (χ0) is 10.8. The molecule has 1 aromatic rings. The summed E-state index contributed by atoms with van der Waals surface area (Å²) in [4.78, 5) is 2.52. The van der Waals surface area contributed by atoms with Crippen LogP contribution in [0.15, 0.2) is 30.3 Å². The van der Waals surface area contributed by atoms with Crippen molar-refractivity contribution in [3.8, 4) is 0 Å². The molecule has 1 saturated heterocycles. The molecule has 0 unspecified atom stereocenters. The van der Waals surface area contributed by atoms with Gasteiger partial charge in [-0.05, 0) is 30.9 Å². The Bertz CT molecular complexity index is 304. The van der Waals surface area contributed by atoms with Crippen molar-refractivity contribution in [2.45, 2.75) is 32.2 Å². The lowest BCUT2D eigenvalue weighted by Crippen LogP contribution is -2.29. The summed E-state index contributed by atoms with van der Waals surface area (Å²) >= 11 is 0. The molecule has 0 N–H and O–H groups in total. The van der Waals surface area contributed by atoms with Gasteiger partial charge in [-0.15, -0.1) is 0 Å². The molecule has 1 nitrogen and oxygen atoms in total. The summed E-state index contributed by atoms with van der Waals surface area (Å²) in [5.74, 6) is 1.51. The van der Waals surface area contributed by atoms with Crippen molar-refractivity contribution >= 4 is 0 Å². The molecular weight excluding hydrogens is 182 g/mol. The van der Waals surface area contributed by atoms with Crippen molar-refractivity contribution in [3.63, 3.8) is 0 Å². The predicted octanol–water partition coefficient (Wildman–Crippen LogP) is 3.13. The third kappa shape index (κ3) is 2.23. The van der Waals surface area contributed by atoms with Crippen molar-refractivity contribution in [2.24, 2.45) is 5.92 Å². The summed E-state index contributed by atoms with van der Waals surface area (Å²) in [5, 5.41) is 0. The highest BCUT2D eigenvalue weighted by atomic mass is 15.2. The Morgan fingerprint density at radius 1 is 1.20 bits per heavy atom. The highest BCUT2D eigenvalue weighted by Gasteiger charge is 2.31. The number of rotatable bonds is 2. The van der Waals surface area contributed by atoms with Gasteiger partial charge in [0, 0.05) is 12.6 Å². The summed E-state index contributed by atoms with van der Waals surface area (Å²) in [6.45, 7) is 5.87. The van der Waals surface area contributed by atoms with E-state index in [2.05, 4.69) is 56.1 Å². The first-order chi connectivity index (χ1) is 7.18. The van der Waals surface area contributed by atoms with E-state index in [0.29, 0.717) is 0 Å². The van der Waals surface area contributed by atoms with Gasteiger partial charge in [0.2, 0.25) is 0 Å². The van der Waals surface area contributed by atoms with E-state index in [-0.39, 0.29) is 0 Å². The molecule has 0 aliphatic carbocycles. The lowest BCUT2D eigenvalue weighted by molar-refractivity contribution is 0.250. The first kappa shape index (κ1) is 10.7. The van der Waals surface area contributed by atoms with Gasteiger partial charge < -0.3 is 4.90 Å². The molecule has 1 aliphatic rings. The number of nitrogens with zero attached hydrogens (tertiary/aromatic N) is 1. The summed E-state index contributed by atoms with van der Waals surface area (Å²) in [6.07, 6.45) is 1.32. The van der Waals surface area contributed by atoms with Crippen LogP contribution in [0.3, 0.4) is 0 Å². The molecule has 2 rings (SSSR count). The summed E-state index contributed by atoms with van der Waals surface area (Å²) < 4.78 is 0. The minimum atomic E-state index is 0.739. The quantitative estimate of drug-likeness (QED) is 0.714. The van der Waals surface area contributed by atoms with Gasteiger partial charge >= 0.3 is 0 Å². The van der Waals surface area contributed by atoms with E-state index in [1.165, 1.54) is 18.5 Å². The zero-order valence-electron chi connectivity index (χ0n) is 9.98. The summed E-state index contributed by atoms with van der Waals surface area (Å²) in [7, 11) is 2.26. The van der Waals surface area contributed by atoms with Crippen LogP contribution in [0, 0.1) is 5.92 Å². The lowest BCUT2D eigenvalue weighted by atomic mass is 9.93. The third-order valence-corrected chi connectivity index (χ3v) is 3.64. The molecule has 1 aromatic carbocycles. The molecule has 0 amide bonds. The van der Waals surface area contributed by atoms with Gasteiger partial charge in [0.25, 0.3) is 0 Å². The fourth-order valence-electron chi connectivity index (χ4n) is 2.78. The highest BCUT2D eigenvalue weighted by molar-refractivity contribution is 5.21. The van der Waals surface area contributed by atoms with Crippen molar-refractivity contribution in [1.82, 2.24) is 4.90 Å². The van der Waals surface area contributed by atoms with Gasteiger partial charge in [0.05, 0.1) is 0 Å². The number of hydrogen-bond donors (Lipinski definition) is 0. The Hall–Kier alpha value is -0.820. The van der Waals surface area contributed by atoms with Gasteiger partial charge in [-0.3, -0.25) is 0 Å². The van der Waals surface area contributed by atoms with Crippen molar-refractivity contribution in [1.29, 1.82) is 0 Å². The summed E-state index contributed by atoms with van der Waals surface area (Å²) in [5.41, 5.74) is 1.51. The molecule has 82 valence electrons. The normalized spacial score (nSPS) is 27.5. The number of benzene rings is 1. The molecule has 15 heavy (non-hydrogen) atoms. The van der Waals surface area contributed by atoms with E-state index in [9.17, 15) is 0 Å². The van der Waals surface area contributed by atoms with Gasteiger partial charge in [0.15, 0.2) is 0 Å². The highest BCUT2D eigenvalue weighted by Crippen LogP contribution is 2.33. The van der Waals surface area contributed by atoms with Gasteiger partial charge in [-0.1, -0.05) is 44.2 Å². The van der Waals surface area contributed by atoms with E-state index in [4.69, 9.17) is 0 Å². The topological polar surface area (TPSA) is 3.24 Å². The van der Waals surface area contributed by atoms with Crippen LogP contribution in [0.2, 0.25) is 0 Å². The maximum absolute atomic E-state index is 2.52. The second kappa shape index (κ2) is 4.36. The van der Waals surface area contributed by atoms with Crippen LogP contribution in [0.25, 0.3) is 0 Å². The second-order valence-electron chi connectivity index (χ2n) is 5.09. The monoisotopic (exact) mass is 203 g/mol. The summed E-state index contributed by atoms with van der Waals surface area (Å²) in [6, 6.07) is 11.7. The fraction of sp³-hybridized carbons (Fsp3) is 0.571. The van der Waals surface area contributed by atoms with E-state index >= 15 is 0 Å². The first-order valence-electron chi connectivity index (χ1n) is 5.93. The Morgan fingerprint density at radius 2 is 1.87 bits per heavy atom. The third-order valence-electron chi connectivity index (χ3n) is 3.64. The smallest absolute Gasteiger partial charge is 0.0122 e. The van der Waals surface area contributed by atoms with Crippen LogP contribution in [-0.2, 0) is 0 Å². The lowest BCUT2D eigenvalue weighted by Gasteiger charge is -2.22. The van der Waals surface area contributed by atoms with E-state index < -0.39 is 0 Å². The van der Waals surface area contributed by atoms with Crippen LogP contribution >= 0.6 is 0 Å². The molecule has 1 heteroatoms. The largest absolute Gasteiger partial charge is 0.303 e. The maximum Gasteiger partial charge on any atom is 0.0122 e. The molecule has 0 bridgehead atoms. The Kier molecular flexibility index (Phi) is 3.11. The number of likely N-dealkylation sites (tertiary alicyclic amines) is 1. The van der Waals surface area contributed by atoms with Crippen LogP contribution in [-0.4, -0.2) is 24.5 Å². The average Bonchev–Trinajstić information content (AvgIpc) is 2.62. The van der Waals surface area contributed by atoms with Gasteiger partial charge in [-0.25, -0.2) is 0 Å². The van der Waals surface area contributed by atoms with Gasteiger partial charge in [0.1, 0.15) is 0 Å². The van der Waals surface area contributed by atoms with E-state index in [0.717, 1.165) is 17.9 Å². The zero-order valence-corrected chi connectivity index (χ0v) is 9.98. The van der Waals surface area contributed by atoms with Crippen molar-refractivity contribution in [2.75, 3.05) is 13.6 Å². The molecule has 1 heterocycles. The predicted molar refractivity (Wildman–Crippen MR) is 65.1 cm³/mol. The standard InChI is InChI=1S/C14H21N/c1-11(2)14-9-13(10-15(14)3)12-7-5-4-6-8-12/h4-8,11,13-14H,9-10H2,1-3H3/t13-,14+/m0/s1. The van der Waals surface area contributed by atoms with Crippen LogP contribution in [0.4, 0.5) is 0 Å². The molecule has 0 radical (unpaired) electrons. The van der Waals surface area contributed by atoms with Crippen molar-refractivity contribution in [3.05, 3.63) is 35.9 Å². The van der Waals surface area contributed by atoms with Gasteiger partial charge in [-0.2, -0.15) is 0 Å². The van der Waals surface area contributed by atoms with E-state index in [1.807, 2.05) is 0 Å². The molecule has 1 aliphatic heterocycles. The van der Waals surface area contributed by atoms with E-state index in [1.54, 1.807) is 0 Å². The number of hydrogen-bond acceptors (Lipinski definition) is 1. The Morgan fingerprint density at radius 3 is 2.40 bits per heavy atom. The van der Waals surface area contributed by atoms with Crippen LogP contribution in [0.1, 0.15) is 31.7 Å². The fourth-order valence-corrected chi connectivity index (χ4v) is 2.78. The molecule has 2 atom stereocenters. The minimum Gasteiger partial charge on any atom is -0.303 e. The first-order valence-corrected chi connectivity index (χ1v) is 5.93. The Balaban J connectivity index is 2.09. The van der Waals surface area contributed by atoms with Crippen LogP contribution < -0.4 is 0 Å². The average molecular weight is 203 g/mol. The second-order valence-corrected chi connectivity index (χ2v) is 5.09. The maximum atomic E-state index is 2.52. The van der Waals surface area contributed by atoms with Crippen molar-refractivity contribution < 1.29 is 0 Å². The molecule has 0 aromatic heterocycles. The Labute approximate surface area is 93.1 Å². The molecule has 0 saturated carbocycles. The number of likely N-dealkylation sites (N-methyl/N-ethyl adjacent to an activating group) is 1. The molecule has 0 spiro atoms. The van der Waals surface area contributed by atoms with Crippen LogP contribution in [0.5, 0.6) is 0 Å². The molecule has 1 fully saturated rings. The molecular formula is C14H21N.